The zero-order chi connectivity index (χ0) is 14.4. The minimum absolute atomic E-state index is 0.140. The third-order valence-electron chi connectivity index (χ3n) is 3.70. The van der Waals surface area contributed by atoms with E-state index in [2.05, 4.69) is 0 Å². The van der Waals surface area contributed by atoms with Gasteiger partial charge in [-0.25, -0.2) is 9.59 Å². The van der Waals surface area contributed by atoms with Gasteiger partial charge in [-0.05, 0) is 33.6 Å². The average molecular weight is 271 g/mol. The summed E-state index contributed by atoms with van der Waals surface area (Å²) >= 11 is 0. The Morgan fingerprint density at radius 2 is 1.89 bits per heavy atom. The van der Waals surface area contributed by atoms with Crippen LogP contribution in [0.25, 0.3) is 0 Å². The number of fused-ring (bicyclic) bond motifs is 2. The third kappa shape index (κ3) is 2.54. The largest absolute Gasteiger partial charge is 0.467 e. The molecule has 4 atom stereocenters. The van der Waals surface area contributed by atoms with Crippen LogP contribution in [0.5, 0.6) is 0 Å². The third-order valence-corrected chi connectivity index (χ3v) is 3.70. The summed E-state index contributed by atoms with van der Waals surface area (Å²) in [5.41, 5.74) is -0.613. The van der Waals surface area contributed by atoms with Crippen molar-refractivity contribution >= 4 is 12.1 Å². The molecule has 1 aliphatic carbocycles. The van der Waals surface area contributed by atoms with E-state index in [1.54, 1.807) is 20.8 Å². The van der Waals surface area contributed by atoms with Crippen LogP contribution < -0.4 is 0 Å². The van der Waals surface area contributed by atoms with Crippen molar-refractivity contribution in [3.05, 3.63) is 0 Å². The highest BCUT2D eigenvalue weighted by Crippen LogP contribution is 2.43. The number of carbonyl (C=O) groups excluding carboxylic acids is 2. The maximum atomic E-state index is 12.2. The van der Waals surface area contributed by atoms with Crippen molar-refractivity contribution in [3.63, 3.8) is 0 Å². The number of ether oxygens (including phenoxy) is 2. The smallest absolute Gasteiger partial charge is 0.411 e. The Kier molecular flexibility index (Phi) is 3.47. The summed E-state index contributed by atoms with van der Waals surface area (Å²) in [6.45, 7) is 5.34. The Hall–Kier alpha value is -1.30. The zero-order valence-electron chi connectivity index (χ0n) is 11.8. The predicted molar refractivity (Wildman–Crippen MR) is 66.4 cm³/mol. The van der Waals surface area contributed by atoms with E-state index in [4.69, 9.17) is 9.47 Å². The molecule has 19 heavy (non-hydrogen) atoms. The number of methoxy groups -OCH3 is 1. The molecule has 0 aromatic heterocycles. The number of hydrogen-bond acceptors (Lipinski definition) is 5. The van der Waals surface area contributed by atoms with Crippen LogP contribution in [0.3, 0.4) is 0 Å². The summed E-state index contributed by atoms with van der Waals surface area (Å²) in [6, 6.07) is -0.868. The molecule has 6 nitrogen and oxygen atoms in total. The van der Waals surface area contributed by atoms with E-state index < -0.39 is 29.8 Å². The van der Waals surface area contributed by atoms with E-state index in [0.717, 1.165) is 0 Å². The number of rotatable bonds is 1. The summed E-state index contributed by atoms with van der Waals surface area (Å²) in [4.78, 5) is 25.5. The number of amides is 1. The van der Waals surface area contributed by atoms with Crippen LogP contribution in [0, 0.1) is 5.92 Å². The Morgan fingerprint density at radius 1 is 1.26 bits per heavy atom. The van der Waals surface area contributed by atoms with Crippen LogP contribution in [0.2, 0.25) is 0 Å². The molecule has 0 radical (unpaired) electrons. The highest BCUT2D eigenvalue weighted by molar-refractivity contribution is 5.83. The summed E-state index contributed by atoms with van der Waals surface area (Å²) in [5.74, 6) is -0.734. The fourth-order valence-electron chi connectivity index (χ4n) is 3.01. The van der Waals surface area contributed by atoms with Gasteiger partial charge in [0.2, 0.25) is 0 Å². The lowest BCUT2D eigenvalue weighted by molar-refractivity contribution is -0.150. The molecular weight excluding hydrogens is 250 g/mol. The van der Waals surface area contributed by atoms with E-state index in [-0.39, 0.29) is 12.0 Å². The Labute approximate surface area is 112 Å². The van der Waals surface area contributed by atoms with Crippen molar-refractivity contribution in [2.24, 2.45) is 5.92 Å². The molecule has 1 amide bonds. The standard InChI is InChI=1S/C13H21NO5/c1-13(2,3)19-12(17)14-7-5-8(9(15)6-7)10(14)11(16)18-4/h7-10,15H,5-6H2,1-4H3/t7-,8+,9+,10+/m0/s1. The summed E-state index contributed by atoms with van der Waals surface area (Å²) in [7, 11) is 1.29. The SMILES string of the molecule is COC(=O)[C@H]1[C@@H]2C[C@@H](C[C@H]2O)N1C(=O)OC(C)(C)C. The second kappa shape index (κ2) is 4.67. The topological polar surface area (TPSA) is 76.1 Å². The molecule has 0 spiro atoms. The first-order valence-electron chi connectivity index (χ1n) is 6.52. The first-order chi connectivity index (χ1) is 8.74. The van der Waals surface area contributed by atoms with Crippen molar-refractivity contribution in [2.75, 3.05) is 7.11 Å². The molecule has 1 saturated heterocycles. The summed E-state index contributed by atoms with van der Waals surface area (Å²) < 4.78 is 10.1. The predicted octanol–water partition coefficient (Wildman–Crippen LogP) is 0.918. The van der Waals surface area contributed by atoms with Gasteiger partial charge in [0, 0.05) is 12.0 Å². The molecule has 0 unspecified atom stereocenters. The maximum absolute atomic E-state index is 12.2. The second-order valence-corrected chi connectivity index (χ2v) is 6.21. The normalized spacial score (nSPS) is 33.4. The highest BCUT2D eigenvalue weighted by atomic mass is 16.6. The summed E-state index contributed by atoms with van der Waals surface area (Å²) in [6.07, 6.45) is 0.0625. The van der Waals surface area contributed by atoms with E-state index in [0.29, 0.717) is 12.8 Å². The number of aliphatic hydroxyl groups excluding tert-OH is 1. The number of nitrogens with zero attached hydrogens (tertiary/aromatic N) is 1. The molecule has 2 aliphatic rings. The molecule has 108 valence electrons. The molecule has 6 heteroatoms. The number of carbonyl (C=O) groups is 2. The molecule has 1 saturated carbocycles. The van der Waals surface area contributed by atoms with Crippen LogP contribution in [-0.2, 0) is 14.3 Å². The van der Waals surface area contributed by atoms with E-state index in [9.17, 15) is 14.7 Å². The molecule has 0 aromatic rings. The Morgan fingerprint density at radius 3 is 2.42 bits per heavy atom. The van der Waals surface area contributed by atoms with Crippen LogP contribution >= 0.6 is 0 Å². The number of likely N-dealkylation sites (tertiary alicyclic amines) is 1. The minimum Gasteiger partial charge on any atom is -0.467 e. The highest BCUT2D eigenvalue weighted by Gasteiger charge is 2.57. The van der Waals surface area contributed by atoms with Crippen LogP contribution in [-0.4, -0.2) is 53.0 Å². The fraction of sp³-hybridized carbons (Fsp3) is 0.846. The molecular formula is C13H21NO5. The van der Waals surface area contributed by atoms with Crippen LogP contribution in [0.1, 0.15) is 33.6 Å². The van der Waals surface area contributed by atoms with Crippen molar-refractivity contribution < 1.29 is 24.2 Å². The monoisotopic (exact) mass is 271 g/mol. The van der Waals surface area contributed by atoms with Crippen LogP contribution in [0.4, 0.5) is 4.79 Å². The Balaban J connectivity index is 2.19. The number of esters is 1. The van der Waals surface area contributed by atoms with E-state index >= 15 is 0 Å². The van der Waals surface area contributed by atoms with Gasteiger partial charge in [0.15, 0.2) is 0 Å². The van der Waals surface area contributed by atoms with Gasteiger partial charge in [-0.15, -0.1) is 0 Å². The molecule has 1 heterocycles. The van der Waals surface area contributed by atoms with Gasteiger partial charge >= 0.3 is 12.1 Å². The lowest BCUT2D eigenvalue weighted by atomic mass is 9.96. The summed E-state index contributed by atoms with van der Waals surface area (Å²) in [5, 5.41) is 9.88. The maximum Gasteiger partial charge on any atom is 0.411 e. The average Bonchev–Trinajstić information content (AvgIpc) is 2.81. The number of aliphatic hydroxyl groups is 1. The zero-order valence-corrected chi connectivity index (χ0v) is 11.8. The second-order valence-electron chi connectivity index (χ2n) is 6.21. The van der Waals surface area contributed by atoms with Gasteiger partial charge in [0.05, 0.1) is 13.2 Å². The lowest BCUT2D eigenvalue weighted by Gasteiger charge is -2.36. The van der Waals surface area contributed by atoms with Gasteiger partial charge in [-0.2, -0.15) is 0 Å². The van der Waals surface area contributed by atoms with Crippen molar-refractivity contribution in [3.8, 4) is 0 Å². The van der Waals surface area contributed by atoms with Gasteiger partial charge in [0.25, 0.3) is 0 Å². The van der Waals surface area contributed by atoms with Crippen LogP contribution in [0.15, 0.2) is 0 Å². The van der Waals surface area contributed by atoms with E-state index in [1.165, 1.54) is 12.0 Å². The quantitative estimate of drug-likeness (QED) is 0.718. The van der Waals surface area contributed by atoms with Gasteiger partial charge < -0.3 is 14.6 Å². The number of hydrogen-bond donors (Lipinski definition) is 1. The van der Waals surface area contributed by atoms with Crippen molar-refractivity contribution in [1.29, 1.82) is 0 Å². The molecule has 1 N–H and O–H groups in total. The number of piperidine rings is 1. The minimum atomic E-state index is -0.728. The lowest BCUT2D eigenvalue weighted by Crippen LogP contribution is -2.54. The molecule has 2 fully saturated rings. The fourth-order valence-corrected chi connectivity index (χ4v) is 3.01. The first kappa shape index (κ1) is 14.1. The molecule has 1 aliphatic heterocycles. The van der Waals surface area contributed by atoms with Crippen molar-refractivity contribution in [1.82, 2.24) is 4.90 Å². The molecule has 2 bridgehead atoms. The van der Waals surface area contributed by atoms with Gasteiger partial charge in [-0.1, -0.05) is 0 Å². The molecule has 2 rings (SSSR count). The Bertz CT molecular complexity index is 389. The van der Waals surface area contributed by atoms with E-state index in [1.807, 2.05) is 0 Å². The van der Waals surface area contributed by atoms with Gasteiger partial charge in [-0.3, -0.25) is 4.90 Å². The van der Waals surface area contributed by atoms with Gasteiger partial charge in [0.1, 0.15) is 11.6 Å². The first-order valence-corrected chi connectivity index (χ1v) is 6.52. The molecule has 0 aromatic carbocycles. The van der Waals surface area contributed by atoms with Crippen molar-refractivity contribution in [2.45, 2.75) is 57.4 Å².